The van der Waals surface area contributed by atoms with Crippen molar-refractivity contribution in [2.24, 2.45) is 0 Å². The zero-order valence-corrected chi connectivity index (χ0v) is 11.5. The lowest BCUT2D eigenvalue weighted by molar-refractivity contribution is 0.0978. The van der Waals surface area contributed by atoms with E-state index in [4.69, 9.17) is 0 Å². The van der Waals surface area contributed by atoms with E-state index >= 15 is 0 Å². The van der Waals surface area contributed by atoms with E-state index in [0.717, 1.165) is 0 Å². The third-order valence-corrected chi connectivity index (χ3v) is 4.18. The fraction of sp³-hybridized carbons (Fsp3) is 0.857. The molecule has 1 saturated carbocycles. The van der Waals surface area contributed by atoms with Crippen LogP contribution in [0.25, 0.3) is 0 Å². The van der Waals surface area contributed by atoms with Crippen LogP contribution in [0.3, 0.4) is 0 Å². The van der Waals surface area contributed by atoms with Crippen molar-refractivity contribution in [1.82, 2.24) is 10.2 Å². The molecule has 2 heteroatoms. The fourth-order valence-electron chi connectivity index (χ4n) is 3.31. The van der Waals surface area contributed by atoms with Gasteiger partial charge >= 0.3 is 0 Å². The van der Waals surface area contributed by atoms with Gasteiger partial charge in [0.05, 0.1) is 0 Å². The van der Waals surface area contributed by atoms with Crippen molar-refractivity contribution in [1.29, 1.82) is 0 Å². The summed E-state index contributed by atoms with van der Waals surface area (Å²) < 4.78 is 0. The highest BCUT2D eigenvalue weighted by atomic mass is 15.2. The van der Waals surface area contributed by atoms with Gasteiger partial charge in [-0.25, -0.2) is 0 Å². The maximum absolute atomic E-state index is 4.17. The van der Waals surface area contributed by atoms with Crippen molar-refractivity contribution in [3.63, 3.8) is 0 Å². The Kier molecular flexibility index (Phi) is 5.00. The second-order valence-corrected chi connectivity index (χ2v) is 5.48. The van der Waals surface area contributed by atoms with E-state index < -0.39 is 0 Å². The van der Waals surface area contributed by atoms with E-state index in [1.54, 1.807) is 0 Å². The topological polar surface area (TPSA) is 15.3 Å². The van der Waals surface area contributed by atoms with Crippen LogP contribution in [0, 0.1) is 0 Å². The standard InChI is InChI=1S/C14H28N2/c1-12(2)13(15-3)14(16(4)5)10-8-6-7-9-11-14/h13,15H,1,6-11H2,2-5H3. The summed E-state index contributed by atoms with van der Waals surface area (Å²) in [6.07, 6.45) is 8.06. The lowest BCUT2D eigenvalue weighted by atomic mass is 9.78. The molecule has 1 unspecified atom stereocenters. The highest BCUT2D eigenvalue weighted by Gasteiger charge is 2.40. The second kappa shape index (κ2) is 5.83. The molecule has 0 bridgehead atoms. The Bertz CT molecular complexity index is 225. The van der Waals surface area contributed by atoms with Crippen LogP contribution in [0.4, 0.5) is 0 Å². The number of rotatable bonds is 4. The number of likely N-dealkylation sites (N-methyl/N-ethyl adjacent to an activating group) is 2. The van der Waals surface area contributed by atoms with Crippen molar-refractivity contribution in [2.45, 2.75) is 57.0 Å². The molecular weight excluding hydrogens is 196 g/mol. The van der Waals surface area contributed by atoms with E-state index in [1.165, 1.54) is 44.1 Å². The predicted octanol–water partition coefficient (Wildman–Crippen LogP) is 2.81. The minimum Gasteiger partial charge on any atom is -0.312 e. The van der Waals surface area contributed by atoms with E-state index in [0.29, 0.717) is 6.04 Å². The monoisotopic (exact) mass is 224 g/mol. The number of nitrogens with one attached hydrogen (secondary N) is 1. The van der Waals surface area contributed by atoms with Gasteiger partial charge in [-0.1, -0.05) is 37.8 Å². The lowest BCUT2D eigenvalue weighted by Gasteiger charge is -2.46. The van der Waals surface area contributed by atoms with Gasteiger partial charge in [-0.3, -0.25) is 0 Å². The Morgan fingerprint density at radius 2 is 1.69 bits per heavy atom. The Balaban J connectivity index is 2.96. The average molecular weight is 224 g/mol. The van der Waals surface area contributed by atoms with Crippen LogP contribution in [-0.4, -0.2) is 37.6 Å². The van der Waals surface area contributed by atoms with Crippen molar-refractivity contribution in [2.75, 3.05) is 21.1 Å². The number of nitrogens with zero attached hydrogens (tertiary/aromatic N) is 1. The lowest BCUT2D eigenvalue weighted by Crippen LogP contribution is -2.58. The summed E-state index contributed by atoms with van der Waals surface area (Å²) in [7, 11) is 6.51. The summed E-state index contributed by atoms with van der Waals surface area (Å²) in [6.45, 7) is 6.32. The van der Waals surface area contributed by atoms with Crippen molar-refractivity contribution in [3.05, 3.63) is 12.2 Å². The first-order chi connectivity index (χ1) is 7.54. The Labute approximate surface area is 101 Å². The van der Waals surface area contributed by atoms with E-state index in [2.05, 4.69) is 44.9 Å². The predicted molar refractivity (Wildman–Crippen MR) is 71.8 cm³/mol. The van der Waals surface area contributed by atoms with Gasteiger partial charge in [-0.05, 0) is 40.9 Å². The van der Waals surface area contributed by atoms with E-state index in [-0.39, 0.29) is 5.54 Å². The summed E-state index contributed by atoms with van der Waals surface area (Å²) in [4.78, 5) is 2.42. The Hall–Kier alpha value is -0.340. The van der Waals surface area contributed by atoms with Crippen LogP contribution >= 0.6 is 0 Å². The molecule has 1 fully saturated rings. The van der Waals surface area contributed by atoms with Crippen LogP contribution in [0.1, 0.15) is 45.4 Å². The van der Waals surface area contributed by atoms with Crippen LogP contribution in [-0.2, 0) is 0 Å². The third-order valence-electron chi connectivity index (χ3n) is 4.18. The van der Waals surface area contributed by atoms with Gasteiger partial charge in [-0.15, -0.1) is 0 Å². The number of hydrogen-bond acceptors (Lipinski definition) is 2. The molecule has 1 N–H and O–H groups in total. The Morgan fingerprint density at radius 3 is 2.00 bits per heavy atom. The molecule has 0 aromatic heterocycles. The molecule has 94 valence electrons. The van der Waals surface area contributed by atoms with Crippen molar-refractivity contribution in [3.8, 4) is 0 Å². The molecule has 0 spiro atoms. The maximum atomic E-state index is 4.17. The average Bonchev–Trinajstić information content (AvgIpc) is 2.45. The molecule has 0 saturated heterocycles. The number of hydrogen-bond donors (Lipinski definition) is 1. The molecule has 1 aliphatic rings. The highest BCUT2D eigenvalue weighted by Crippen LogP contribution is 2.36. The zero-order chi connectivity index (χ0) is 12.2. The molecule has 0 radical (unpaired) electrons. The first-order valence-electron chi connectivity index (χ1n) is 6.54. The molecule has 2 nitrogen and oxygen atoms in total. The van der Waals surface area contributed by atoms with Crippen molar-refractivity contribution < 1.29 is 0 Å². The van der Waals surface area contributed by atoms with Crippen LogP contribution in [0.2, 0.25) is 0 Å². The van der Waals surface area contributed by atoms with Crippen LogP contribution < -0.4 is 5.32 Å². The van der Waals surface area contributed by atoms with E-state index in [1.807, 2.05) is 0 Å². The van der Waals surface area contributed by atoms with Gasteiger partial charge in [0.1, 0.15) is 0 Å². The summed E-state index contributed by atoms with van der Waals surface area (Å²) in [5.74, 6) is 0. The first-order valence-corrected chi connectivity index (χ1v) is 6.54. The molecule has 1 atom stereocenters. The van der Waals surface area contributed by atoms with Gasteiger partial charge < -0.3 is 10.2 Å². The normalized spacial score (nSPS) is 22.8. The quantitative estimate of drug-likeness (QED) is 0.583. The molecule has 0 amide bonds. The molecule has 0 heterocycles. The van der Waals surface area contributed by atoms with Gasteiger partial charge in [0.15, 0.2) is 0 Å². The fourth-order valence-corrected chi connectivity index (χ4v) is 3.31. The molecule has 0 aromatic carbocycles. The molecular formula is C14H28N2. The SMILES string of the molecule is C=C(C)C(NC)C1(N(C)C)CCCCCC1. The molecule has 1 aliphatic carbocycles. The minimum atomic E-state index is 0.275. The zero-order valence-electron chi connectivity index (χ0n) is 11.5. The van der Waals surface area contributed by atoms with Gasteiger partial charge in [-0.2, -0.15) is 0 Å². The summed E-state index contributed by atoms with van der Waals surface area (Å²) >= 11 is 0. The first kappa shape index (κ1) is 13.7. The molecule has 1 rings (SSSR count). The molecule has 0 aliphatic heterocycles. The smallest absolute Gasteiger partial charge is 0.0458 e. The van der Waals surface area contributed by atoms with Gasteiger partial charge in [0.2, 0.25) is 0 Å². The Morgan fingerprint density at radius 1 is 1.19 bits per heavy atom. The highest BCUT2D eigenvalue weighted by molar-refractivity contribution is 5.14. The summed E-state index contributed by atoms with van der Waals surface area (Å²) in [6, 6.07) is 0.417. The van der Waals surface area contributed by atoms with Gasteiger partial charge in [0.25, 0.3) is 0 Å². The largest absolute Gasteiger partial charge is 0.312 e. The summed E-state index contributed by atoms with van der Waals surface area (Å²) in [5.41, 5.74) is 1.54. The molecule has 0 aromatic rings. The van der Waals surface area contributed by atoms with E-state index in [9.17, 15) is 0 Å². The third kappa shape index (κ3) is 2.67. The van der Waals surface area contributed by atoms with Gasteiger partial charge in [0, 0.05) is 11.6 Å². The van der Waals surface area contributed by atoms with Crippen molar-refractivity contribution >= 4 is 0 Å². The second-order valence-electron chi connectivity index (χ2n) is 5.48. The molecule has 16 heavy (non-hydrogen) atoms. The summed E-state index contributed by atoms with van der Waals surface area (Å²) in [5, 5.41) is 3.48. The maximum Gasteiger partial charge on any atom is 0.0458 e. The van der Waals surface area contributed by atoms with Crippen LogP contribution in [0.5, 0.6) is 0 Å². The minimum absolute atomic E-state index is 0.275. The van der Waals surface area contributed by atoms with Crippen LogP contribution in [0.15, 0.2) is 12.2 Å².